The zero-order valence-corrected chi connectivity index (χ0v) is 19.3. The fourth-order valence-electron chi connectivity index (χ4n) is 3.97. The molecule has 10 heteroatoms. The van der Waals surface area contributed by atoms with E-state index in [2.05, 4.69) is 10.6 Å². The van der Waals surface area contributed by atoms with Crippen molar-refractivity contribution >= 4 is 27.8 Å². The minimum atomic E-state index is -4.02. The molecule has 1 fully saturated rings. The summed E-state index contributed by atoms with van der Waals surface area (Å²) < 4.78 is 35.8. The molecule has 1 aromatic carbocycles. The van der Waals surface area contributed by atoms with Gasteiger partial charge in [0.1, 0.15) is 6.61 Å². The maximum atomic E-state index is 13.6. The maximum absolute atomic E-state index is 13.6. The van der Waals surface area contributed by atoms with E-state index in [0.29, 0.717) is 12.8 Å². The van der Waals surface area contributed by atoms with Crippen LogP contribution in [0, 0.1) is 13.8 Å². The van der Waals surface area contributed by atoms with E-state index in [-0.39, 0.29) is 42.2 Å². The van der Waals surface area contributed by atoms with E-state index in [1.165, 1.54) is 6.07 Å². The highest BCUT2D eigenvalue weighted by molar-refractivity contribution is 7.93. The molecule has 2 amide bonds. The molecule has 0 spiro atoms. The third kappa shape index (κ3) is 4.36. The van der Waals surface area contributed by atoms with Gasteiger partial charge in [0, 0.05) is 0 Å². The molecule has 1 saturated carbocycles. The molecule has 3 rings (SSSR count). The molecular weight excluding hydrogens is 436 g/mol. The summed E-state index contributed by atoms with van der Waals surface area (Å²) in [4.78, 5) is 37.2. The Morgan fingerprint density at radius 3 is 2.41 bits per heavy atom. The van der Waals surface area contributed by atoms with Crippen LogP contribution in [-0.2, 0) is 28.9 Å². The first kappa shape index (κ1) is 23.8. The zero-order chi connectivity index (χ0) is 23.5. The topological polar surface area (TPSA) is 128 Å². The molecule has 0 atom stereocenters. The van der Waals surface area contributed by atoms with Gasteiger partial charge in [-0.25, -0.2) is 18.0 Å². The number of amides is 2. The highest BCUT2D eigenvalue weighted by Crippen LogP contribution is 2.42. The number of hydrogen-bond donors (Lipinski definition) is 2. The molecule has 0 bridgehead atoms. The number of esters is 2. The number of carbonyl (C=O) groups is 3. The summed E-state index contributed by atoms with van der Waals surface area (Å²) >= 11 is 0. The van der Waals surface area contributed by atoms with Crippen LogP contribution in [0.15, 0.2) is 34.4 Å². The molecule has 1 aliphatic carbocycles. The lowest BCUT2D eigenvalue weighted by Crippen LogP contribution is -2.48. The van der Waals surface area contributed by atoms with Gasteiger partial charge in [-0.2, -0.15) is 0 Å². The van der Waals surface area contributed by atoms with Crippen LogP contribution >= 0.6 is 0 Å². The lowest BCUT2D eigenvalue weighted by Gasteiger charge is -2.28. The SMILES string of the molecule is CCOC(=O)C1=C(COC(=O)C2(S(=O)(=O)c3ccc(C)c(C)c3)CCCC2)NC(=O)NC1. The molecule has 0 aromatic heterocycles. The second kappa shape index (κ2) is 9.32. The van der Waals surface area contributed by atoms with Gasteiger partial charge in [0.25, 0.3) is 0 Å². The molecular formula is C22H28N2O7S. The van der Waals surface area contributed by atoms with Crippen LogP contribution in [0.25, 0.3) is 0 Å². The predicted octanol–water partition coefficient (Wildman–Crippen LogP) is 2.06. The Kier molecular flexibility index (Phi) is 6.92. The molecule has 2 aliphatic rings. The summed E-state index contributed by atoms with van der Waals surface area (Å²) in [5, 5.41) is 4.91. The Balaban J connectivity index is 1.88. The molecule has 32 heavy (non-hydrogen) atoms. The fourth-order valence-corrected chi connectivity index (χ4v) is 6.11. The summed E-state index contributed by atoms with van der Waals surface area (Å²) in [7, 11) is -4.02. The summed E-state index contributed by atoms with van der Waals surface area (Å²) in [6.07, 6.45) is 1.46. The number of urea groups is 1. The Morgan fingerprint density at radius 1 is 1.09 bits per heavy atom. The molecule has 0 unspecified atom stereocenters. The smallest absolute Gasteiger partial charge is 0.337 e. The molecule has 0 saturated heterocycles. The lowest BCUT2D eigenvalue weighted by atomic mass is 10.1. The Hall–Kier alpha value is -2.88. The van der Waals surface area contributed by atoms with Crippen LogP contribution in [0.5, 0.6) is 0 Å². The van der Waals surface area contributed by atoms with E-state index in [4.69, 9.17) is 9.47 Å². The Morgan fingerprint density at radius 2 is 1.78 bits per heavy atom. The van der Waals surface area contributed by atoms with Gasteiger partial charge in [0.15, 0.2) is 14.6 Å². The van der Waals surface area contributed by atoms with Crippen LogP contribution < -0.4 is 10.6 Å². The van der Waals surface area contributed by atoms with E-state index in [9.17, 15) is 22.8 Å². The maximum Gasteiger partial charge on any atom is 0.337 e. The van der Waals surface area contributed by atoms with Gasteiger partial charge < -0.3 is 20.1 Å². The minimum Gasteiger partial charge on any atom is -0.463 e. The lowest BCUT2D eigenvalue weighted by molar-refractivity contribution is -0.146. The normalized spacial score (nSPS) is 18.0. The van der Waals surface area contributed by atoms with E-state index in [1.807, 2.05) is 13.8 Å². The molecule has 1 aliphatic heterocycles. The summed E-state index contributed by atoms with van der Waals surface area (Å²) in [5.74, 6) is -1.53. The highest BCUT2D eigenvalue weighted by Gasteiger charge is 2.54. The van der Waals surface area contributed by atoms with Gasteiger partial charge in [0.2, 0.25) is 0 Å². The average molecular weight is 465 g/mol. The van der Waals surface area contributed by atoms with Crippen LogP contribution in [0.4, 0.5) is 4.79 Å². The molecule has 2 N–H and O–H groups in total. The van der Waals surface area contributed by atoms with E-state index >= 15 is 0 Å². The quantitative estimate of drug-likeness (QED) is 0.591. The summed E-state index contributed by atoms with van der Waals surface area (Å²) in [5.41, 5.74) is 1.97. The molecule has 0 radical (unpaired) electrons. The van der Waals surface area contributed by atoms with Gasteiger partial charge in [-0.1, -0.05) is 18.9 Å². The standard InChI is InChI=1S/C22H28N2O7S/c1-4-30-19(25)17-12-23-21(27)24-18(17)13-31-20(26)22(9-5-6-10-22)32(28,29)16-8-7-14(2)15(3)11-16/h7-8,11H,4-6,9-10,12-13H2,1-3H3,(H2,23,24,27). The van der Waals surface area contributed by atoms with Crippen molar-refractivity contribution in [3.05, 3.63) is 40.6 Å². The van der Waals surface area contributed by atoms with E-state index < -0.39 is 39.2 Å². The largest absolute Gasteiger partial charge is 0.463 e. The molecule has 1 aromatic rings. The van der Waals surface area contributed by atoms with Crippen LogP contribution in [0.1, 0.15) is 43.7 Å². The van der Waals surface area contributed by atoms with Gasteiger partial charge in [0.05, 0.1) is 29.3 Å². The van der Waals surface area contributed by atoms with E-state index in [1.54, 1.807) is 19.1 Å². The second-order valence-corrected chi connectivity index (χ2v) is 10.3. The van der Waals surface area contributed by atoms with Crippen molar-refractivity contribution in [2.75, 3.05) is 19.8 Å². The van der Waals surface area contributed by atoms with Crippen molar-refractivity contribution in [1.82, 2.24) is 10.6 Å². The number of ether oxygens (including phenoxy) is 2. The number of carbonyl (C=O) groups excluding carboxylic acids is 3. The first-order valence-electron chi connectivity index (χ1n) is 10.6. The van der Waals surface area contributed by atoms with Crippen molar-refractivity contribution in [3.8, 4) is 0 Å². The van der Waals surface area contributed by atoms with Crippen molar-refractivity contribution in [3.63, 3.8) is 0 Å². The van der Waals surface area contributed by atoms with Crippen LogP contribution in [-0.4, -0.2) is 50.9 Å². The van der Waals surface area contributed by atoms with Gasteiger partial charge in [-0.15, -0.1) is 0 Å². The average Bonchev–Trinajstić information content (AvgIpc) is 3.26. The molecule has 1 heterocycles. The highest BCUT2D eigenvalue weighted by atomic mass is 32.2. The van der Waals surface area contributed by atoms with Gasteiger partial charge >= 0.3 is 18.0 Å². The van der Waals surface area contributed by atoms with Crippen molar-refractivity contribution in [1.29, 1.82) is 0 Å². The number of aryl methyl sites for hydroxylation is 2. The van der Waals surface area contributed by atoms with Gasteiger partial charge in [-0.3, -0.25) is 4.79 Å². The second-order valence-electron chi connectivity index (χ2n) is 8.01. The Labute approximate surface area is 187 Å². The van der Waals surface area contributed by atoms with Crippen LogP contribution in [0.2, 0.25) is 0 Å². The summed E-state index contributed by atoms with van der Waals surface area (Å²) in [6.45, 7) is 4.97. The van der Waals surface area contributed by atoms with Crippen molar-refractivity contribution < 1.29 is 32.3 Å². The molecule has 9 nitrogen and oxygen atoms in total. The monoisotopic (exact) mass is 464 g/mol. The van der Waals surface area contributed by atoms with Crippen molar-refractivity contribution in [2.45, 2.75) is 56.1 Å². The number of nitrogens with one attached hydrogen (secondary N) is 2. The van der Waals surface area contributed by atoms with Crippen LogP contribution in [0.3, 0.4) is 0 Å². The first-order valence-corrected chi connectivity index (χ1v) is 12.0. The summed E-state index contributed by atoms with van der Waals surface area (Å²) in [6, 6.07) is 4.26. The van der Waals surface area contributed by atoms with E-state index in [0.717, 1.165) is 11.1 Å². The number of hydrogen-bond acceptors (Lipinski definition) is 7. The van der Waals surface area contributed by atoms with Crippen molar-refractivity contribution in [2.24, 2.45) is 0 Å². The third-order valence-electron chi connectivity index (χ3n) is 6.01. The number of benzene rings is 1. The molecule has 174 valence electrons. The Bertz CT molecular complexity index is 1070. The third-order valence-corrected chi connectivity index (χ3v) is 8.49. The number of sulfone groups is 1. The predicted molar refractivity (Wildman–Crippen MR) is 115 cm³/mol. The first-order chi connectivity index (χ1) is 15.1. The fraction of sp³-hybridized carbons (Fsp3) is 0.500. The zero-order valence-electron chi connectivity index (χ0n) is 18.4. The van der Waals surface area contributed by atoms with Gasteiger partial charge in [-0.05, 0) is 56.9 Å². The number of rotatable bonds is 7. The minimum absolute atomic E-state index is 0.0797.